The first kappa shape index (κ1) is 8.16. The average molecular weight is 178 g/mol. The molecular weight excluding hydrogens is 168 g/mol. The Labute approximate surface area is 75.6 Å². The van der Waals surface area contributed by atoms with Crippen LogP contribution in [-0.2, 0) is 0 Å². The van der Waals surface area contributed by atoms with Crippen LogP contribution in [0.5, 0.6) is 0 Å². The van der Waals surface area contributed by atoms with Gasteiger partial charge in [-0.3, -0.25) is 0 Å². The molecule has 0 saturated heterocycles. The van der Waals surface area contributed by atoms with Gasteiger partial charge in [-0.2, -0.15) is 0 Å². The minimum atomic E-state index is -0.954. The van der Waals surface area contributed by atoms with Crippen molar-refractivity contribution in [2.75, 3.05) is 0 Å². The summed E-state index contributed by atoms with van der Waals surface area (Å²) in [6, 6.07) is 0. The van der Waals surface area contributed by atoms with E-state index in [1.807, 2.05) is 0 Å². The Kier molecular flexibility index (Phi) is 1.96. The van der Waals surface area contributed by atoms with Gasteiger partial charge in [-0.15, -0.1) is 0 Å². The lowest BCUT2D eigenvalue weighted by molar-refractivity contribution is 0.0687. The van der Waals surface area contributed by atoms with Crippen LogP contribution in [0.3, 0.4) is 0 Å². The molecule has 1 aliphatic carbocycles. The first-order valence-corrected chi connectivity index (χ1v) is 4.32. The first-order chi connectivity index (χ1) is 6.29. The summed E-state index contributed by atoms with van der Waals surface area (Å²) in [6.07, 6.45) is 6.21. The molecule has 0 atom stereocenters. The molecule has 1 heterocycles. The highest BCUT2D eigenvalue weighted by Crippen LogP contribution is 2.36. The number of rotatable bonds is 2. The lowest BCUT2D eigenvalue weighted by Crippen LogP contribution is -2.15. The topological polar surface area (TPSA) is 63.1 Å². The van der Waals surface area contributed by atoms with E-state index < -0.39 is 5.97 Å². The Morgan fingerprint density at radius 1 is 1.54 bits per heavy atom. The maximum Gasteiger partial charge on any atom is 0.354 e. The molecule has 4 nitrogen and oxygen atoms in total. The van der Waals surface area contributed by atoms with Gasteiger partial charge in [0.25, 0.3) is 0 Å². The Bertz CT molecular complexity index is 334. The van der Waals surface area contributed by atoms with Crippen molar-refractivity contribution < 1.29 is 9.90 Å². The molecule has 1 aliphatic rings. The maximum atomic E-state index is 10.8. The summed E-state index contributed by atoms with van der Waals surface area (Å²) in [5.41, 5.74) is 0.959. The minimum Gasteiger partial charge on any atom is -0.477 e. The molecule has 1 saturated carbocycles. The smallest absolute Gasteiger partial charge is 0.354 e. The maximum absolute atomic E-state index is 10.8. The van der Waals surface area contributed by atoms with Gasteiger partial charge in [-0.1, -0.05) is 6.42 Å². The van der Waals surface area contributed by atoms with Crippen LogP contribution in [0.15, 0.2) is 12.5 Å². The number of nitrogens with zero attached hydrogens (tertiary/aromatic N) is 2. The van der Waals surface area contributed by atoms with Crippen molar-refractivity contribution in [1.29, 1.82) is 0 Å². The van der Waals surface area contributed by atoms with Gasteiger partial charge in [-0.05, 0) is 18.8 Å². The van der Waals surface area contributed by atoms with E-state index in [9.17, 15) is 4.79 Å². The van der Waals surface area contributed by atoms with Gasteiger partial charge in [0.15, 0.2) is 5.69 Å². The molecule has 0 aromatic carbocycles. The van der Waals surface area contributed by atoms with Crippen molar-refractivity contribution in [1.82, 2.24) is 9.97 Å². The molecule has 0 radical (unpaired) electrons. The Balaban J connectivity index is 2.36. The molecule has 0 amide bonds. The zero-order valence-corrected chi connectivity index (χ0v) is 7.10. The second kappa shape index (κ2) is 3.12. The van der Waals surface area contributed by atoms with E-state index in [1.165, 1.54) is 12.7 Å². The number of hydrogen-bond acceptors (Lipinski definition) is 3. The summed E-state index contributed by atoms with van der Waals surface area (Å²) < 4.78 is 0. The van der Waals surface area contributed by atoms with Crippen molar-refractivity contribution in [2.45, 2.75) is 25.2 Å². The van der Waals surface area contributed by atoms with Gasteiger partial charge in [0.05, 0.1) is 0 Å². The zero-order chi connectivity index (χ0) is 9.26. The van der Waals surface area contributed by atoms with Crippen molar-refractivity contribution >= 4 is 5.97 Å². The van der Waals surface area contributed by atoms with Crippen LogP contribution in [-0.4, -0.2) is 21.0 Å². The molecule has 0 bridgehead atoms. The standard InChI is InChI=1S/C9H10N2O2/c12-9(13)8-7(4-10-5-11-8)6-2-1-3-6/h4-6H,1-3H2,(H,12,13). The molecule has 4 heteroatoms. The van der Waals surface area contributed by atoms with Crippen molar-refractivity contribution in [2.24, 2.45) is 0 Å². The largest absolute Gasteiger partial charge is 0.477 e. The minimum absolute atomic E-state index is 0.166. The molecule has 1 aromatic heterocycles. The summed E-state index contributed by atoms with van der Waals surface area (Å²) in [5.74, 6) is -0.586. The fourth-order valence-corrected chi connectivity index (χ4v) is 1.54. The molecule has 0 aliphatic heterocycles. The number of aromatic nitrogens is 2. The van der Waals surface area contributed by atoms with Gasteiger partial charge >= 0.3 is 5.97 Å². The third-order valence-electron chi connectivity index (χ3n) is 2.49. The molecule has 0 unspecified atom stereocenters. The SMILES string of the molecule is O=C(O)c1ncncc1C1CCC1. The third-order valence-corrected chi connectivity index (χ3v) is 2.49. The molecule has 13 heavy (non-hydrogen) atoms. The van der Waals surface area contributed by atoms with Gasteiger partial charge in [0.2, 0.25) is 0 Å². The van der Waals surface area contributed by atoms with E-state index in [0.29, 0.717) is 5.92 Å². The third kappa shape index (κ3) is 1.39. The summed E-state index contributed by atoms with van der Waals surface area (Å²) in [5, 5.41) is 8.84. The highest BCUT2D eigenvalue weighted by atomic mass is 16.4. The normalized spacial score (nSPS) is 16.6. The number of aromatic carboxylic acids is 1. The van der Waals surface area contributed by atoms with Crippen LogP contribution < -0.4 is 0 Å². The lowest BCUT2D eigenvalue weighted by Gasteiger charge is -2.25. The van der Waals surface area contributed by atoms with Gasteiger partial charge in [0.1, 0.15) is 6.33 Å². The Morgan fingerprint density at radius 3 is 2.85 bits per heavy atom. The van der Waals surface area contributed by atoms with E-state index in [0.717, 1.165) is 18.4 Å². The first-order valence-electron chi connectivity index (χ1n) is 4.32. The summed E-state index contributed by atoms with van der Waals surface area (Å²) in [7, 11) is 0. The summed E-state index contributed by atoms with van der Waals surface area (Å²) in [6.45, 7) is 0. The summed E-state index contributed by atoms with van der Waals surface area (Å²) in [4.78, 5) is 18.4. The second-order valence-corrected chi connectivity index (χ2v) is 3.26. The average Bonchev–Trinajstić information content (AvgIpc) is 2.02. The quantitative estimate of drug-likeness (QED) is 0.744. The van der Waals surface area contributed by atoms with Crippen LogP contribution in [0.4, 0.5) is 0 Å². The van der Waals surface area contributed by atoms with Gasteiger partial charge in [0, 0.05) is 11.8 Å². The monoisotopic (exact) mass is 178 g/mol. The van der Waals surface area contributed by atoms with Gasteiger partial charge in [-0.25, -0.2) is 14.8 Å². The molecule has 2 rings (SSSR count). The fraction of sp³-hybridized carbons (Fsp3) is 0.444. The van der Waals surface area contributed by atoms with E-state index in [4.69, 9.17) is 5.11 Å². The Hall–Kier alpha value is -1.45. The molecule has 1 fully saturated rings. The second-order valence-electron chi connectivity index (χ2n) is 3.26. The molecule has 1 aromatic rings. The molecule has 1 N–H and O–H groups in total. The van der Waals surface area contributed by atoms with Gasteiger partial charge < -0.3 is 5.11 Å². The highest BCUT2D eigenvalue weighted by molar-refractivity contribution is 5.87. The molecule has 0 spiro atoms. The predicted molar refractivity (Wildman–Crippen MR) is 45.6 cm³/mol. The number of carboxylic acids is 1. The van der Waals surface area contributed by atoms with E-state index >= 15 is 0 Å². The van der Waals surface area contributed by atoms with Crippen molar-refractivity contribution in [3.05, 3.63) is 23.8 Å². The highest BCUT2D eigenvalue weighted by Gasteiger charge is 2.25. The zero-order valence-electron chi connectivity index (χ0n) is 7.10. The fourth-order valence-electron chi connectivity index (χ4n) is 1.54. The number of hydrogen-bond donors (Lipinski definition) is 1. The van der Waals surface area contributed by atoms with Crippen molar-refractivity contribution in [3.63, 3.8) is 0 Å². The predicted octanol–water partition coefficient (Wildman–Crippen LogP) is 1.44. The Morgan fingerprint density at radius 2 is 2.31 bits per heavy atom. The van der Waals surface area contributed by atoms with E-state index in [-0.39, 0.29) is 5.69 Å². The van der Waals surface area contributed by atoms with Crippen LogP contribution >= 0.6 is 0 Å². The van der Waals surface area contributed by atoms with E-state index in [1.54, 1.807) is 6.20 Å². The lowest BCUT2D eigenvalue weighted by atomic mass is 9.80. The molecular formula is C9H10N2O2. The number of carboxylic acid groups (broad SMARTS) is 1. The molecule has 68 valence electrons. The van der Waals surface area contributed by atoms with Crippen LogP contribution in [0.1, 0.15) is 41.2 Å². The van der Waals surface area contributed by atoms with Crippen LogP contribution in [0.25, 0.3) is 0 Å². The van der Waals surface area contributed by atoms with Crippen LogP contribution in [0.2, 0.25) is 0 Å². The van der Waals surface area contributed by atoms with Crippen LogP contribution in [0, 0.1) is 0 Å². The van der Waals surface area contributed by atoms with Crippen molar-refractivity contribution in [3.8, 4) is 0 Å². The van der Waals surface area contributed by atoms with E-state index in [2.05, 4.69) is 9.97 Å². The number of carbonyl (C=O) groups is 1. The summed E-state index contributed by atoms with van der Waals surface area (Å²) >= 11 is 0.